The maximum atomic E-state index is 11.8. The van der Waals surface area contributed by atoms with Gasteiger partial charge in [0.2, 0.25) is 0 Å². The van der Waals surface area contributed by atoms with E-state index in [1.165, 1.54) is 7.11 Å². The molecule has 2 N–H and O–H groups in total. The molecule has 0 aliphatic rings. The number of primary amides is 1. The summed E-state index contributed by atoms with van der Waals surface area (Å²) in [6.07, 6.45) is 8.11. The predicted octanol–water partition coefficient (Wildman–Crippen LogP) is 2.53. The third-order valence-electron chi connectivity index (χ3n) is 3.68. The van der Waals surface area contributed by atoms with Crippen molar-refractivity contribution in [1.29, 1.82) is 0 Å². The van der Waals surface area contributed by atoms with Gasteiger partial charge in [0.1, 0.15) is 5.75 Å². The first-order valence-electron chi connectivity index (χ1n) is 7.37. The largest absolute Gasteiger partial charge is 0.453 e. The Labute approximate surface area is 135 Å². The third-order valence-corrected chi connectivity index (χ3v) is 3.68. The van der Waals surface area contributed by atoms with Crippen molar-refractivity contribution in [2.75, 3.05) is 7.11 Å². The number of pyridine rings is 1. The van der Waals surface area contributed by atoms with Gasteiger partial charge < -0.3 is 15.2 Å². The summed E-state index contributed by atoms with van der Waals surface area (Å²) in [7, 11) is 1.41. The minimum Gasteiger partial charge on any atom is -0.453 e. The van der Waals surface area contributed by atoms with Crippen LogP contribution in [-0.2, 0) is 9.53 Å². The van der Waals surface area contributed by atoms with Gasteiger partial charge in [-0.1, -0.05) is 12.8 Å². The number of nitrogens with zero attached hydrogens (tertiary/aromatic N) is 1. The molecule has 0 radical (unpaired) electrons. The molecule has 0 aliphatic heterocycles. The van der Waals surface area contributed by atoms with Gasteiger partial charge in [-0.2, -0.15) is 0 Å². The quantitative estimate of drug-likeness (QED) is 0.657. The SMILES string of the molecule is C#Cc1cnc2c(C)cc(OC(CCC)(OC)C(N)=O)cc2c1. The summed E-state index contributed by atoms with van der Waals surface area (Å²) >= 11 is 0. The lowest BCUT2D eigenvalue weighted by molar-refractivity contribution is -0.184. The van der Waals surface area contributed by atoms with Gasteiger partial charge in [-0.3, -0.25) is 9.78 Å². The normalized spacial score (nSPS) is 13.3. The molecule has 0 spiro atoms. The molecule has 5 heteroatoms. The van der Waals surface area contributed by atoms with Crippen LogP contribution in [0.3, 0.4) is 0 Å². The first-order valence-corrected chi connectivity index (χ1v) is 7.37. The molecule has 1 aromatic carbocycles. The second kappa shape index (κ2) is 6.67. The number of carbonyl (C=O) groups is 1. The number of methoxy groups -OCH3 is 1. The van der Waals surface area contributed by atoms with Gasteiger partial charge in [0.25, 0.3) is 11.7 Å². The Morgan fingerprint density at radius 2 is 2.17 bits per heavy atom. The van der Waals surface area contributed by atoms with Crippen LogP contribution >= 0.6 is 0 Å². The van der Waals surface area contributed by atoms with Crippen LogP contribution in [0.2, 0.25) is 0 Å². The molecule has 1 atom stereocenters. The lowest BCUT2D eigenvalue weighted by Crippen LogP contribution is -2.50. The summed E-state index contributed by atoms with van der Waals surface area (Å²) < 4.78 is 11.1. The number of nitrogens with two attached hydrogens (primary N) is 1. The maximum absolute atomic E-state index is 11.8. The highest BCUT2D eigenvalue weighted by molar-refractivity contribution is 5.85. The van der Waals surface area contributed by atoms with Crippen LogP contribution in [0.4, 0.5) is 0 Å². The van der Waals surface area contributed by atoms with Crippen LogP contribution in [0.1, 0.15) is 30.9 Å². The maximum Gasteiger partial charge on any atom is 0.290 e. The number of carbonyl (C=O) groups excluding carboxylic acids is 1. The average Bonchev–Trinajstić information content (AvgIpc) is 2.53. The fourth-order valence-corrected chi connectivity index (χ4v) is 2.52. The lowest BCUT2D eigenvalue weighted by atomic mass is 10.1. The molecule has 0 bridgehead atoms. The molecular formula is C18H20N2O3. The van der Waals surface area contributed by atoms with Gasteiger partial charge >= 0.3 is 0 Å². The average molecular weight is 312 g/mol. The number of hydrogen-bond acceptors (Lipinski definition) is 4. The Bertz CT molecular complexity index is 780. The van der Waals surface area contributed by atoms with Crippen LogP contribution in [0.5, 0.6) is 5.75 Å². The fraction of sp³-hybridized carbons (Fsp3) is 0.333. The minimum atomic E-state index is -1.48. The zero-order valence-electron chi connectivity index (χ0n) is 13.6. The number of terminal acetylenes is 1. The summed E-state index contributed by atoms with van der Waals surface area (Å²) in [5.41, 5.74) is 7.90. The molecule has 0 saturated heterocycles. The van der Waals surface area contributed by atoms with Gasteiger partial charge in [-0.05, 0) is 37.1 Å². The standard InChI is InChI=1S/C18H20N2O3/c1-5-7-18(22-4,17(19)21)23-15-8-12(3)16-14(10-15)9-13(6-2)11-20-16/h2,8-11H,5,7H2,1,3-4H3,(H2,19,21). The first kappa shape index (κ1) is 16.8. The molecule has 0 saturated carbocycles. The van der Waals surface area contributed by atoms with Gasteiger partial charge in [0.15, 0.2) is 0 Å². The number of fused-ring (bicyclic) bond motifs is 1. The van der Waals surface area contributed by atoms with Crippen LogP contribution in [0, 0.1) is 19.3 Å². The Balaban J connectivity index is 2.50. The molecule has 5 nitrogen and oxygen atoms in total. The van der Waals surface area contributed by atoms with Crippen molar-refractivity contribution in [2.45, 2.75) is 32.5 Å². The van der Waals surface area contributed by atoms with E-state index in [9.17, 15) is 4.79 Å². The van der Waals surface area contributed by atoms with Crippen molar-refractivity contribution in [3.05, 3.63) is 35.5 Å². The third kappa shape index (κ3) is 3.27. The zero-order chi connectivity index (χ0) is 17.0. The smallest absolute Gasteiger partial charge is 0.290 e. The van der Waals surface area contributed by atoms with Crippen molar-refractivity contribution in [2.24, 2.45) is 5.73 Å². The fourth-order valence-electron chi connectivity index (χ4n) is 2.52. The van der Waals surface area contributed by atoms with E-state index in [0.29, 0.717) is 24.2 Å². The highest BCUT2D eigenvalue weighted by Gasteiger charge is 2.38. The summed E-state index contributed by atoms with van der Waals surface area (Å²) in [5, 5.41) is 0.835. The lowest BCUT2D eigenvalue weighted by Gasteiger charge is -2.29. The number of aromatic nitrogens is 1. The second-order valence-corrected chi connectivity index (χ2v) is 5.35. The predicted molar refractivity (Wildman–Crippen MR) is 88.9 cm³/mol. The summed E-state index contributed by atoms with van der Waals surface area (Å²) in [4.78, 5) is 16.2. The second-order valence-electron chi connectivity index (χ2n) is 5.35. The van der Waals surface area contributed by atoms with E-state index in [0.717, 1.165) is 16.5 Å². The summed E-state index contributed by atoms with van der Waals surface area (Å²) in [6, 6.07) is 5.43. The molecular weight excluding hydrogens is 292 g/mol. The number of aryl methyl sites for hydroxylation is 1. The van der Waals surface area contributed by atoms with Gasteiger partial charge in [0, 0.05) is 30.7 Å². The Hall–Kier alpha value is -2.58. The van der Waals surface area contributed by atoms with E-state index in [2.05, 4.69) is 10.9 Å². The molecule has 0 aliphatic carbocycles. The van der Waals surface area contributed by atoms with Crippen LogP contribution in [0.25, 0.3) is 10.9 Å². The molecule has 1 unspecified atom stereocenters. The van der Waals surface area contributed by atoms with Gasteiger partial charge in [-0.25, -0.2) is 0 Å². The van der Waals surface area contributed by atoms with Crippen molar-refractivity contribution in [1.82, 2.24) is 4.98 Å². The molecule has 0 fully saturated rings. The highest BCUT2D eigenvalue weighted by Crippen LogP contribution is 2.29. The van der Waals surface area contributed by atoms with Crippen molar-refractivity contribution in [3.8, 4) is 18.1 Å². The monoisotopic (exact) mass is 312 g/mol. The topological polar surface area (TPSA) is 74.4 Å². The number of benzene rings is 1. The highest BCUT2D eigenvalue weighted by atomic mass is 16.7. The van der Waals surface area contributed by atoms with Gasteiger partial charge in [-0.15, -0.1) is 6.42 Å². The van der Waals surface area contributed by atoms with E-state index in [1.54, 1.807) is 18.3 Å². The van der Waals surface area contributed by atoms with E-state index >= 15 is 0 Å². The van der Waals surface area contributed by atoms with E-state index in [-0.39, 0.29) is 0 Å². The molecule has 1 heterocycles. The van der Waals surface area contributed by atoms with Crippen LogP contribution in [-0.4, -0.2) is 23.8 Å². The number of ether oxygens (including phenoxy) is 2. The number of hydrogen-bond donors (Lipinski definition) is 1. The molecule has 23 heavy (non-hydrogen) atoms. The van der Waals surface area contributed by atoms with Crippen LogP contribution < -0.4 is 10.5 Å². The summed E-state index contributed by atoms with van der Waals surface area (Å²) in [5.74, 6) is 0.903. The van der Waals surface area contributed by atoms with E-state index in [1.807, 2.05) is 19.9 Å². The number of amides is 1. The first-order chi connectivity index (χ1) is 11.0. The van der Waals surface area contributed by atoms with Crippen molar-refractivity contribution in [3.63, 3.8) is 0 Å². The molecule has 2 rings (SSSR count). The zero-order valence-corrected chi connectivity index (χ0v) is 13.6. The molecule has 1 aromatic heterocycles. The Morgan fingerprint density at radius 3 is 2.74 bits per heavy atom. The summed E-state index contributed by atoms with van der Waals surface area (Å²) in [6.45, 7) is 3.84. The van der Waals surface area contributed by atoms with Crippen molar-refractivity contribution >= 4 is 16.8 Å². The van der Waals surface area contributed by atoms with E-state index < -0.39 is 11.7 Å². The Morgan fingerprint density at radius 1 is 1.43 bits per heavy atom. The number of rotatable bonds is 6. The van der Waals surface area contributed by atoms with Gasteiger partial charge in [0.05, 0.1) is 5.52 Å². The molecule has 1 amide bonds. The molecule has 2 aromatic rings. The Kier molecular flexibility index (Phi) is 4.87. The molecule has 120 valence electrons. The van der Waals surface area contributed by atoms with E-state index in [4.69, 9.17) is 21.6 Å². The van der Waals surface area contributed by atoms with Crippen molar-refractivity contribution < 1.29 is 14.3 Å². The van der Waals surface area contributed by atoms with Crippen LogP contribution in [0.15, 0.2) is 24.4 Å². The minimum absolute atomic E-state index is 0.360.